The molecule has 1 aliphatic rings. The minimum atomic E-state index is -3.89. The molecule has 5 aromatic rings. The van der Waals surface area contributed by atoms with E-state index in [1.54, 1.807) is 59.9 Å². The van der Waals surface area contributed by atoms with E-state index in [9.17, 15) is 23.4 Å². The number of aliphatic carboxylic acids is 1. The number of para-hydroxylation sites is 1. The lowest BCUT2D eigenvalue weighted by molar-refractivity contribution is -0.158. The molecule has 2 aromatic heterocycles. The highest BCUT2D eigenvalue weighted by atomic mass is 32.2. The second-order valence-electron chi connectivity index (χ2n) is 13.6. The number of aliphatic hydroxyl groups excluding tert-OH is 1. The van der Waals surface area contributed by atoms with Crippen molar-refractivity contribution in [2.75, 3.05) is 6.54 Å². The fourth-order valence-electron chi connectivity index (χ4n) is 6.19. The van der Waals surface area contributed by atoms with Crippen molar-refractivity contribution in [1.82, 2.24) is 34.3 Å². The van der Waals surface area contributed by atoms with Crippen molar-refractivity contribution in [2.45, 2.75) is 84.1 Å². The molecule has 0 amide bonds. The van der Waals surface area contributed by atoms with Crippen LogP contribution in [0.25, 0.3) is 0 Å². The zero-order valence-electron chi connectivity index (χ0n) is 29.6. The zero-order valence-corrected chi connectivity index (χ0v) is 30.4. The third-order valence-corrected chi connectivity index (χ3v) is 11.1. The van der Waals surface area contributed by atoms with Gasteiger partial charge in [-0.15, -0.1) is 10.2 Å². The van der Waals surface area contributed by atoms with Gasteiger partial charge in [-0.05, 0) is 67.1 Å². The first-order valence-corrected chi connectivity index (χ1v) is 18.5. The van der Waals surface area contributed by atoms with Gasteiger partial charge in [0.25, 0.3) is 0 Å². The highest BCUT2D eigenvalue weighted by molar-refractivity contribution is 7.89. The fourth-order valence-corrected chi connectivity index (χ4v) is 7.76. The van der Waals surface area contributed by atoms with E-state index in [4.69, 9.17) is 9.47 Å². The number of hydrogen-bond donors (Lipinski definition) is 2. The Morgan fingerprint density at radius 3 is 2.29 bits per heavy atom. The Morgan fingerprint density at radius 1 is 0.962 bits per heavy atom. The fraction of sp³-hybridized carbons (Fsp3) is 0.378. The molecular weight excluding hydrogens is 687 g/mol. The van der Waals surface area contributed by atoms with Crippen LogP contribution in [0.3, 0.4) is 0 Å². The van der Waals surface area contributed by atoms with E-state index in [1.807, 2.05) is 56.3 Å². The number of carboxylic acid groups (broad SMARTS) is 1. The highest BCUT2D eigenvalue weighted by Crippen LogP contribution is 2.39. The Labute approximate surface area is 302 Å². The van der Waals surface area contributed by atoms with Crippen molar-refractivity contribution in [3.05, 3.63) is 118 Å². The lowest BCUT2D eigenvalue weighted by Gasteiger charge is -2.31. The van der Waals surface area contributed by atoms with Crippen LogP contribution in [-0.4, -0.2) is 71.5 Å². The molecule has 2 N–H and O–H groups in total. The summed E-state index contributed by atoms with van der Waals surface area (Å²) in [4.78, 5) is 12.7. The van der Waals surface area contributed by atoms with Gasteiger partial charge in [-0.25, -0.2) is 17.8 Å². The van der Waals surface area contributed by atoms with Crippen LogP contribution in [0, 0.1) is 12.3 Å². The third kappa shape index (κ3) is 8.07. The number of hydrogen-bond acceptors (Lipinski definition) is 10. The third-order valence-electron chi connectivity index (χ3n) is 9.27. The average molecular weight is 730 g/mol. The van der Waals surface area contributed by atoms with Crippen LogP contribution >= 0.6 is 0 Å². The van der Waals surface area contributed by atoms with Crippen molar-refractivity contribution >= 4 is 16.0 Å². The second-order valence-corrected chi connectivity index (χ2v) is 15.5. The Bertz CT molecular complexity index is 2150. The van der Waals surface area contributed by atoms with Gasteiger partial charge < -0.3 is 19.7 Å². The highest BCUT2D eigenvalue weighted by Gasteiger charge is 2.40. The van der Waals surface area contributed by atoms with Gasteiger partial charge in [-0.3, -0.25) is 4.79 Å². The molecule has 0 aliphatic carbocycles. The summed E-state index contributed by atoms with van der Waals surface area (Å²) in [6.07, 6.45) is 2.85. The molecule has 1 unspecified atom stereocenters. The smallest absolute Gasteiger partial charge is 0.312 e. The summed E-state index contributed by atoms with van der Waals surface area (Å²) in [5, 5.41) is 36.0. The summed E-state index contributed by atoms with van der Waals surface area (Å²) >= 11 is 0. The van der Waals surface area contributed by atoms with Crippen LogP contribution in [0.15, 0.2) is 84.0 Å². The first-order chi connectivity index (χ1) is 24.9. The maximum atomic E-state index is 13.9. The Hall–Kier alpha value is -4.96. The Kier molecular flexibility index (Phi) is 10.9. The first kappa shape index (κ1) is 36.8. The molecule has 0 fully saturated rings. The van der Waals surface area contributed by atoms with E-state index in [-0.39, 0.29) is 37.3 Å². The maximum absolute atomic E-state index is 13.9. The number of benzene rings is 3. The number of fused-ring (bicyclic) bond motifs is 1. The lowest BCUT2D eigenvalue weighted by atomic mass is 9.81. The molecule has 52 heavy (non-hydrogen) atoms. The summed E-state index contributed by atoms with van der Waals surface area (Å²) in [6.45, 7) is 8.08. The number of carbonyl (C=O) groups is 1. The van der Waals surface area contributed by atoms with E-state index in [0.29, 0.717) is 42.2 Å². The molecule has 3 heterocycles. The quantitative estimate of drug-likeness (QED) is 0.165. The Balaban J connectivity index is 1.19. The van der Waals surface area contributed by atoms with Crippen LogP contribution in [-0.2, 0) is 52.4 Å². The second kappa shape index (κ2) is 15.3. The van der Waals surface area contributed by atoms with E-state index < -0.39 is 27.5 Å². The van der Waals surface area contributed by atoms with Gasteiger partial charge in [-0.2, -0.15) is 4.31 Å². The Morgan fingerprint density at radius 2 is 1.63 bits per heavy atom. The molecule has 15 heteroatoms. The van der Waals surface area contributed by atoms with Crippen LogP contribution in [0.4, 0.5) is 0 Å². The maximum Gasteiger partial charge on any atom is 0.312 e. The molecule has 0 spiro atoms. The number of sulfonamides is 1. The van der Waals surface area contributed by atoms with Crippen LogP contribution in [0.1, 0.15) is 72.5 Å². The van der Waals surface area contributed by atoms with Gasteiger partial charge in [0.1, 0.15) is 28.1 Å². The summed E-state index contributed by atoms with van der Waals surface area (Å²) in [6, 6.07) is 20.1. The summed E-state index contributed by atoms with van der Waals surface area (Å²) in [7, 11) is -3.89. The molecule has 2 atom stereocenters. The number of aryl methyl sites for hydroxylation is 1. The summed E-state index contributed by atoms with van der Waals surface area (Å²) < 4.78 is 44.9. The number of aliphatic hydroxyl groups is 1. The monoisotopic (exact) mass is 729 g/mol. The van der Waals surface area contributed by atoms with Crippen LogP contribution < -0.4 is 4.74 Å². The summed E-state index contributed by atoms with van der Waals surface area (Å²) in [5.74, 6) is -0.707. The number of ether oxygens (including phenoxy) is 2. The van der Waals surface area contributed by atoms with Crippen LogP contribution in [0.2, 0.25) is 0 Å². The van der Waals surface area contributed by atoms with Crippen molar-refractivity contribution < 1.29 is 32.9 Å². The van der Waals surface area contributed by atoms with Gasteiger partial charge in [0.05, 0.1) is 56.8 Å². The number of carboxylic acids is 1. The molecule has 14 nitrogen and oxygen atoms in total. The molecule has 1 aliphatic heterocycles. The van der Waals surface area contributed by atoms with E-state index in [0.717, 1.165) is 22.3 Å². The van der Waals surface area contributed by atoms with E-state index >= 15 is 0 Å². The number of aromatic nitrogens is 6. The van der Waals surface area contributed by atoms with Gasteiger partial charge in [0.15, 0.2) is 0 Å². The predicted octanol–water partition coefficient (Wildman–Crippen LogP) is 4.50. The molecule has 274 valence electrons. The number of nitrogens with zero attached hydrogens (tertiary/aromatic N) is 7. The molecule has 6 rings (SSSR count). The van der Waals surface area contributed by atoms with Crippen molar-refractivity contribution in [1.29, 1.82) is 0 Å². The number of rotatable bonds is 14. The topological polar surface area (TPSA) is 175 Å². The molecule has 0 bridgehead atoms. The molecule has 3 aromatic carbocycles. The molecular formula is C37H43N7O7S. The van der Waals surface area contributed by atoms with E-state index in [1.165, 1.54) is 4.31 Å². The normalized spacial score (nSPS) is 16.5. The minimum Gasteiger partial charge on any atom is -0.488 e. The van der Waals surface area contributed by atoms with Crippen LogP contribution in [0.5, 0.6) is 5.75 Å². The largest absolute Gasteiger partial charge is 0.488 e. The molecule has 0 saturated carbocycles. The SMILES string of the molecule is CC[C@@H]1CN(Cc2cc(C(OCc3cn(Cc4cccc(Cn5cc(CO)nn5)c4)nn3)C(C)(C)C(=O)O)ccc2C)S(=O)(=O)c2ccccc2O1. The standard InChI is InChI=1S/C37H43N7O7S/c1-5-32-22-44(52(48,49)34-12-7-6-11-33(34)51-32)19-29-16-28(14-13-25(29)2)35(37(3,4)36(46)47)50-24-31-21-43(41-39-31)18-27-10-8-9-26(15-27)17-42-20-30(23-45)38-40-42/h6-16,20-21,32,35,45H,5,17-19,22-24H2,1-4H3,(H,46,47)/t32-,35?/m1/s1. The van der Waals surface area contributed by atoms with Gasteiger partial charge in [0, 0.05) is 6.54 Å². The van der Waals surface area contributed by atoms with Gasteiger partial charge in [-0.1, -0.05) is 71.9 Å². The van der Waals surface area contributed by atoms with Crippen molar-refractivity contribution in [3.8, 4) is 5.75 Å². The van der Waals surface area contributed by atoms with Crippen molar-refractivity contribution in [2.24, 2.45) is 5.41 Å². The van der Waals surface area contributed by atoms with Gasteiger partial charge in [0.2, 0.25) is 10.0 Å². The van der Waals surface area contributed by atoms with Crippen molar-refractivity contribution in [3.63, 3.8) is 0 Å². The summed E-state index contributed by atoms with van der Waals surface area (Å²) in [5.41, 5.74) is 3.86. The van der Waals surface area contributed by atoms with Gasteiger partial charge >= 0.3 is 5.97 Å². The molecule has 0 radical (unpaired) electrons. The predicted molar refractivity (Wildman–Crippen MR) is 189 cm³/mol. The van der Waals surface area contributed by atoms with E-state index in [2.05, 4.69) is 20.6 Å². The zero-order chi connectivity index (χ0) is 37.0. The first-order valence-electron chi connectivity index (χ1n) is 17.0. The average Bonchev–Trinajstić information content (AvgIpc) is 3.75. The minimum absolute atomic E-state index is 0.00305. The molecule has 0 saturated heterocycles. The lowest BCUT2D eigenvalue weighted by Crippen LogP contribution is -2.36.